The first kappa shape index (κ1) is 14.9. The minimum Gasteiger partial charge on any atom is -0.482 e. The Kier molecular flexibility index (Phi) is 4.81. The van der Waals surface area contributed by atoms with Crippen LogP contribution in [0.3, 0.4) is 0 Å². The molecule has 0 saturated carbocycles. The molecule has 21 heavy (non-hydrogen) atoms. The molecular weight excluding hydrogens is 288 g/mol. The summed E-state index contributed by atoms with van der Waals surface area (Å²) >= 11 is 6.02. The number of halogens is 1. The zero-order valence-electron chi connectivity index (χ0n) is 11.4. The Bertz CT molecular complexity index is 690. The second-order valence-corrected chi connectivity index (χ2v) is 4.87. The van der Waals surface area contributed by atoms with Gasteiger partial charge < -0.3 is 10.1 Å². The Labute approximate surface area is 127 Å². The molecule has 0 heterocycles. The smallest absolute Gasteiger partial charge is 0.262 e. The molecule has 0 spiro atoms. The van der Waals surface area contributed by atoms with Crippen molar-refractivity contribution < 1.29 is 9.53 Å². The van der Waals surface area contributed by atoms with Crippen molar-refractivity contribution in [3.8, 4) is 11.8 Å². The van der Waals surface area contributed by atoms with E-state index in [-0.39, 0.29) is 12.5 Å². The van der Waals surface area contributed by atoms with Gasteiger partial charge in [0.05, 0.1) is 16.7 Å². The molecule has 0 aliphatic heterocycles. The third kappa shape index (κ3) is 4.23. The topological polar surface area (TPSA) is 62.1 Å². The summed E-state index contributed by atoms with van der Waals surface area (Å²) in [5.74, 6) is 0.175. The number of ether oxygens (including phenoxy) is 1. The highest BCUT2D eigenvalue weighted by Gasteiger charge is 2.06. The van der Waals surface area contributed by atoms with Gasteiger partial charge in [-0.3, -0.25) is 4.79 Å². The van der Waals surface area contributed by atoms with Crippen LogP contribution in [-0.4, -0.2) is 12.5 Å². The molecule has 0 aliphatic carbocycles. The lowest BCUT2D eigenvalue weighted by Gasteiger charge is -2.09. The van der Waals surface area contributed by atoms with Crippen molar-refractivity contribution in [1.82, 2.24) is 0 Å². The first-order valence-electron chi connectivity index (χ1n) is 6.27. The predicted molar refractivity (Wildman–Crippen MR) is 81.5 cm³/mol. The van der Waals surface area contributed by atoms with Gasteiger partial charge in [0.25, 0.3) is 5.91 Å². The molecule has 0 fully saturated rings. The number of nitrogens with one attached hydrogen (secondary N) is 1. The maximum Gasteiger partial charge on any atom is 0.262 e. The van der Waals surface area contributed by atoms with Gasteiger partial charge in [-0.2, -0.15) is 5.26 Å². The van der Waals surface area contributed by atoms with Crippen LogP contribution in [0.4, 0.5) is 5.69 Å². The predicted octanol–water partition coefficient (Wildman–Crippen LogP) is 3.54. The number of nitrogens with zero attached hydrogens (tertiary/aromatic N) is 1. The molecule has 2 aromatic rings. The largest absolute Gasteiger partial charge is 0.482 e. The summed E-state index contributed by atoms with van der Waals surface area (Å²) < 4.78 is 5.37. The van der Waals surface area contributed by atoms with E-state index in [2.05, 4.69) is 5.32 Å². The molecule has 0 aliphatic rings. The van der Waals surface area contributed by atoms with Crippen LogP contribution in [0.2, 0.25) is 5.02 Å². The molecule has 4 nitrogen and oxygen atoms in total. The third-order valence-electron chi connectivity index (χ3n) is 2.74. The van der Waals surface area contributed by atoms with Crippen LogP contribution in [0.15, 0.2) is 42.5 Å². The number of nitriles is 1. The summed E-state index contributed by atoms with van der Waals surface area (Å²) in [5.41, 5.74) is 2.17. The molecule has 0 saturated heterocycles. The van der Waals surface area contributed by atoms with E-state index < -0.39 is 0 Å². The van der Waals surface area contributed by atoms with Crippen molar-refractivity contribution in [3.05, 3.63) is 58.6 Å². The first-order chi connectivity index (χ1) is 10.1. The van der Waals surface area contributed by atoms with Crippen LogP contribution in [0.5, 0.6) is 5.75 Å². The monoisotopic (exact) mass is 300 g/mol. The molecule has 1 N–H and O–H groups in total. The van der Waals surface area contributed by atoms with Gasteiger partial charge in [-0.05, 0) is 48.9 Å². The average Bonchev–Trinajstić information content (AvgIpc) is 2.47. The van der Waals surface area contributed by atoms with Crippen LogP contribution in [0.1, 0.15) is 11.1 Å². The molecule has 0 bridgehead atoms. The summed E-state index contributed by atoms with van der Waals surface area (Å²) in [6.45, 7) is 1.79. The van der Waals surface area contributed by atoms with Crippen molar-refractivity contribution >= 4 is 23.2 Å². The lowest BCUT2D eigenvalue weighted by Crippen LogP contribution is -2.20. The van der Waals surface area contributed by atoms with Crippen molar-refractivity contribution in [2.75, 3.05) is 11.9 Å². The Balaban J connectivity index is 1.91. The second-order valence-electron chi connectivity index (χ2n) is 4.46. The molecule has 5 heteroatoms. The Hall–Kier alpha value is -2.51. The zero-order valence-corrected chi connectivity index (χ0v) is 12.1. The van der Waals surface area contributed by atoms with Gasteiger partial charge in [-0.15, -0.1) is 0 Å². The molecule has 0 atom stereocenters. The number of rotatable bonds is 4. The zero-order chi connectivity index (χ0) is 15.2. The fraction of sp³-hybridized carbons (Fsp3) is 0.125. The number of hydrogen-bond donors (Lipinski definition) is 1. The summed E-state index contributed by atoms with van der Waals surface area (Å²) in [6.07, 6.45) is 0. The van der Waals surface area contributed by atoms with Gasteiger partial charge in [-0.1, -0.05) is 17.7 Å². The number of carbonyl (C=O) groups is 1. The lowest BCUT2D eigenvalue weighted by atomic mass is 10.2. The van der Waals surface area contributed by atoms with Crippen molar-refractivity contribution in [2.45, 2.75) is 6.92 Å². The van der Waals surface area contributed by atoms with Crippen LogP contribution in [0, 0.1) is 18.3 Å². The van der Waals surface area contributed by atoms with Gasteiger partial charge in [-0.25, -0.2) is 0 Å². The molecule has 2 aromatic carbocycles. The maximum absolute atomic E-state index is 11.8. The normalized spacial score (nSPS) is 9.76. The van der Waals surface area contributed by atoms with Crippen LogP contribution in [0.25, 0.3) is 0 Å². The molecule has 0 unspecified atom stereocenters. The van der Waals surface area contributed by atoms with Gasteiger partial charge >= 0.3 is 0 Å². The highest BCUT2D eigenvalue weighted by atomic mass is 35.5. The van der Waals surface area contributed by atoms with E-state index >= 15 is 0 Å². The van der Waals surface area contributed by atoms with Crippen LogP contribution in [-0.2, 0) is 4.79 Å². The van der Waals surface area contributed by atoms with Crippen LogP contribution >= 0.6 is 11.6 Å². The number of anilines is 1. The van der Waals surface area contributed by atoms with E-state index in [1.165, 1.54) is 0 Å². The number of benzene rings is 2. The SMILES string of the molecule is Cc1ccc(OCC(=O)Nc2ccc(C#N)cc2)c(Cl)c1. The molecule has 1 amide bonds. The van der Waals surface area contributed by atoms with Gasteiger partial charge in [0.2, 0.25) is 0 Å². The standard InChI is InChI=1S/C16H13ClN2O2/c1-11-2-7-15(14(17)8-11)21-10-16(20)19-13-5-3-12(9-18)4-6-13/h2-8H,10H2,1H3,(H,19,20). The van der Waals surface area contributed by atoms with E-state index in [0.29, 0.717) is 22.0 Å². The van der Waals surface area contributed by atoms with Crippen LogP contribution < -0.4 is 10.1 Å². The van der Waals surface area contributed by atoms with E-state index in [0.717, 1.165) is 5.56 Å². The van der Waals surface area contributed by atoms with Crippen molar-refractivity contribution in [2.24, 2.45) is 0 Å². The molecule has 0 radical (unpaired) electrons. The minimum absolute atomic E-state index is 0.136. The quantitative estimate of drug-likeness (QED) is 0.939. The van der Waals surface area contributed by atoms with Gasteiger partial charge in [0, 0.05) is 5.69 Å². The van der Waals surface area contributed by atoms with E-state index in [1.807, 2.05) is 19.1 Å². The average molecular weight is 301 g/mol. The first-order valence-corrected chi connectivity index (χ1v) is 6.65. The number of carbonyl (C=O) groups excluding carboxylic acids is 1. The van der Waals surface area contributed by atoms with E-state index in [9.17, 15) is 4.79 Å². The molecular formula is C16H13ClN2O2. The fourth-order valence-corrected chi connectivity index (χ4v) is 1.98. The van der Waals surface area contributed by atoms with Gasteiger partial charge in [0.1, 0.15) is 5.75 Å². The van der Waals surface area contributed by atoms with Crippen molar-refractivity contribution in [1.29, 1.82) is 5.26 Å². The van der Waals surface area contributed by atoms with Crippen molar-refractivity contribution in [3.63, 3.8) is 0 Å². The summed E-state index contributed by atoms with van der Waals surface area (Å²) in [7, 11) is 0. The van der Waals surface area contributed by atoms with Gasteiger partial charge in [0.15, 0.2) is 6.61 Å². The fourth-order valence-electron chi connectivity index (χ4n) is 1.69. The molecule has 106 valence electrons. The van der Waals surface area contributed by atoms with E-state index in [4.69, 9.17) is 21.6 Å². The number of aryl methyl sites for hydroxylation is 1. The molecule has 2 rings (SSSR count). The summed E-state index contributed by atoms with van der Waals surface area (Å²) in [4.78, 5) is 11.8. The Morgan fingerprint density at radius 2 is 2.00 bits per heavy atom. The molecule has 0 aromatic heterocycles. The number of hydrogen-bond acceptors (Lipinski definition) is 3. The highest BCUT2D eigenvalue weighted by Crippen LogP contribution is 2.25. The summed E-state index contributed by atoms with van der Waals surface area (Å²) in [6, 6.07) is 14.0. The maximum atomic E-state index is 11.8. The lowest BCUT2D eigenvalue weighted by molar-refractivity contribution is -0.118. The second kappa shape index (κ2) is 6.78. The number of amides is 1. The Morgan fingerprint density at radius 3 is 2.62 bits per heavy atom. The minimum atomic E-state index is -0.295. The Morgan fingerprint density at radius 1 is 1.29 bits per heavy atom. The highest BCUT2D eigenvalue weighted by molar-refractivity contribution is 6.32. The van der Waals surface area contributed by atoms with E-state index in [1.54, 1.807) is 36.4 Å². The summed E-state index contributed by atoms with van der Waals surface area (Å²) in [5, 5.41) is 11.8. The third-order valence-corrected chi connectivity index (χ3v) is 3.04.